The summed E-state index contributed by atoms with van der Waals surface area (Å²) in [7, 11) is 2.23. The van der Waals surface area contributed by atoms with Crippen LogP contribution in [0.15, 0.2) is 0 Å². The summed E-state index contributed by atoms with van der Waals surface area (Å²) in [6.07, 6.45) is 1.27. The van der Waals surface area contributed by atoms with Crippen LogP contribution < -0.4 is 5.32 Å². The molecule has 0 aromatic carbocycles. The summed E-state index contributed by atoms with van der Waals surface area (Å²) in [5, 5.41) is 3.54. The second-order valence-electron chi connectivity index (χ2n) is 6.06. The van der Waals surface area contributed by atoms with E-state index in [1.54, 1.807) is 0 Å². The Morgan fingerprint density at radius 3 is 2.53 bits per heavy atom. The third kappa shape index (κ3) is 5.36. The predicted molar refractivity (Wildman–Crippen MR) is 75.5 cm³/mol. The fraction of sp³-hybridized carbons (Fsp3) is 1.00. The molecule has 3 nitrogen and oxygen atoms in total. The predicted octanol–water partition coefficient (Wildman–Crippen LogP) is 1.65. The first-order valence-corrected chi connectivity index (χ1v) is 7.15. The normalized spacial score (nSPS) is 25.4. The van der Waals surface area contributed by atoms with Gasteiger partial charge in [0.2, 0.25) is 0 Å². The van der Waals surface area contributed by atoms with Crippen molar-refractivity contribution in [1.29, 1.82) is 0 Å². The van der Waals surface area contributed by atoms with E-state index in [0.717, 1.165) is 19.0 Å². The fourth-order valence-corrected chi connectivity index (χ4v) is 2.36. The Labute approximate surface area is 108 Å². The Morgan fingerprint density at radius 2 is 1.94 bits per heavy atom. The molecule has 3 heteroatoms. The average Bonchev–Trinajstić information content (AvgIpc) is 2.27. The van der Waals surface area contributed by atoms with E-state index < -0.39 is 0 Å². The van der Waals surface area contributed by atoms with Crippen LogP contribution in [0.2, 0.25) is 0 Å². The van der Waals surface area contributed by atoms with E-state index >= 15 is 0 Å². The molecule has 102 valence electrons. The Balaban J connectivity index is 2.17. The van der Waals surface area contributed by atoms with Gasteiger partial charge in [0.25, 0.3) is 0 Å². The molecule has 0 bridgehead atoms. The van der Waals surface area contributed by atoms with Gasteiger partial charge < -0.3 is 10.2 Å². The van der Waals surface area contributed by atoms with Crippen molar-refractivity contribution in [2.24, 2.45) is 5.92 Å². The summed E-state index contributed by atoms with van der Waals surface area (Å²) in [5.74, 6) is 0.758. The average molecular weight is 241 g/mol. The number of nitrogens with one attached hydrogen (secondary N) is 1. The Bertz CT molecular complexity index is 206. The largest absolute Gasteiger partial charge is 0.316 e. The summed E-state index contributed by atoms with van der Waals surface area (Å²) in [4.78, 5) is 5.10. The van der Waals surface area contributed by atoms with Gasteiger partial charge in [-0.1, -0.05) is 13.8 Å². The summed E-state index contributed by atoms with van der Waals surface area (Å²) in [6.45, 7) is 15.2. The maximum Gasteiger partial charge on any atom is 0.0192 e. The number of hydrogen-bond donors (Lipinski definition) is 1. The second kappa shape index (κ2) is 7.34. The molecule has 1 aliphatic rings. The minimum atomic E-state index is 0.704. The van der Waals surface area contributed by atoms with Crippen molar-refractivity contribution in [2.75, 3.05) is 39.8 Å². The lowest BCUT2D eigenvalue weighted by molar-refractivity contribution is 0.0747. The smallest absolute Gasteiger partial charge is 0.0192 e. The maximum absolute atomic E-state index is 3.54. The van der Waals surface area contributed by atoms with Crippen molar-refractivity contribution in [3.05, 3.63) is 0 Å². The minimum absolute atomic E-state index is 0.704. The molecule has 1 N–H and O–H groups in total. The molecule has 17 heavy (non-hydrogen) atoms. The van der Waals surface area contributed by atoms with Crippen LogP contribution in [0.1, 0.15) is 34.1 Å². The molecule has 1 aliphatic heterocycles. The number of piperazine rings is 1. The van der Waals surface area contributed by atoms with Gasteiger partial charge in [0, 0.05) is 31.7 Å². The summed E-state index contributed by atoms with van der Waals surface area (Å²) < 4.78 is 0. The van der Waals surface area contributed by atoms with Crippen LogP contribution >= 0.6 is 0 Å². The lowest BCUT2D eigenvalue weighted by Crippen LogP contribution is -2.53. The molecule has 1 saturated heterocycles. The number of likely N-dealkylation sites (N-methyl/N-ethyl adjacent to an activating group) is 1. The Kier molecular flexibility index (Phi) is 6.45. The van der Waals surface area contributed by atoms with E-state index in [2.05, 4.69) is 49.9 Å². The monoisotopic (exact) mass is 241 g/mol. The first-order chi connectivity index (χ1) is 8.00. The second-order valence-corrected chi connectivity index (χ2v) is 6.06. The molecule has 0 saturated carbocycles. The molecule has 0 spiro atoms. The van der Waals surface area contributed by atoms with Gasteiger partial charge >= 0.3 is 0 Å². The molecule has 1 rings (SSSR count). The number of hydrogen-bond acceptors (Lipinski definition) is 3. The van der Waals surface area contributed by atoms with Crippen molar-refractivity contribution < 1.29 is 0 Å². The molecule has 0 aromatic heterocycles. The number of rotatable bonds is 6. The van der Waals surface area contributed by atoms with E-state index in [1.165, 1.54) is 26.1 Å². The quantitative estimate of drug-likeness (QED) is 0.713. The SMILES string of the molecule is CC(C)CNCCC(C)N1CCN(C)C(C)C1. The van der Waals surface area contributed by atoms with Gasteiger partial charge in [0.15, 0.2) is 0 Å². The van der Waals surface area contributed by atoms with Crippen molar-refractivity contribution >= 4 is 0 Å². The van der Waals surface area contributed by atoms with Crippen LogP contribution in [0.3, 0.4) is 0 Å². The standard InChI is InChI=1S/C14H31N3/c1-12(2)10-15-7-6-13(3)17-9-8-16(5)14(4)11-17/h12-15H,6-11H2,1-5H3. The van der Waals surface area contributed by atoms with Crippen molar-refractivity contribution in [3.63, 3.8) is 0 Å². The van der Waals surface area contributed by atoms with Gasteiger partial charge in [0.1, 0.15) is 0 Å². The minimum Gasteiger partial charge on any atom is -0.316 e. The Morgan fingerprint density at radius 1 is 1.24 bits per heavy atom. The first kappa shape index (κ1) is 14.9. The molecule has 1 heterocycles. The third-order valence-corrected chi connectivity index (χ3v) is 3.91. The van der Waals surface area contributed by atoms with Gasteiger partial charge in [-0.3, -0.25) is 4.90 Å². The highest BCUT2D eigenvalue weighted by molar-refractivity contribution is 4.80. The molecule has 0 aromatic rings. The molecular weight excluding hydrogens is 210 g/mol. The zero-order valence-electron chi connectivity index (χ0n) is 12.4. The van der Waals surface area contributed by atoms with Crippen LogP contribution in [-0.2, 0) is 0 Å². The molecule has 0 radical (unpaired) electrons. The highest BCUT2D eigenvalue weighted by atomic mass is 15.3. The van der Waals surface area contributed by atoms with Gasteiger partial charge in [0.05, 0.1) is 0 Å². The van der Waals surface area contributed by atoms with E-state index in [-0.39, 0.29) is 0 Å². The van der Waals surface area contributed by atoms with Crippen molar-refractivity contribution in [2.45, 2.75) is 46.2 Å². The zero-order valence-corrected chi connectivity index (χ0v) is 12.4. The lowest BCUT2D eigenvalue weighted by atomic mass is 10.1. The zero-order chi connectivity index (χ0) is 12.8. The van der Waals surface area contributed by atoms with Gasteiger partial charge in [-0.15, -0.1) is 0 Å². The highest BCUT2D eigenvalue weighted by Gasteiger charge is 2.23. The molecular formula is C14H31N3. The molecule has 0 amide bonds. The van der Waals surface area contributed by atoms with E-state index in [4.69, 9.17) is 0 Å². The van der Waals surface area contributed by atoms with E-state index in [1.807, 2.05) is 0 Å². The Hall–Kier alpha value is -0.120. The highest BCUT2D eigenvalue weighted by Crippen LogP contribution is 2.12. The molecule has 0 aliphatic carbocycles. The topological polar surface area (TPSA) is 18.5 Å². The fourth-order valence-electron chi connectivity index (χ4n) is 2.36. The maximum atomic E-state index is 3.54. The lowest BCUT2D eigenvalue weighted by Gasteiger charge is -2.40. The van der Waals surface area contributed by atoms with Crippen LogP contribution in [0.5, 0.6) is 0 Å². The van der Waals surface area contributed by atoms with Crippen LogP contribution in [0, 0.1) is 5.92 Å². The van der Waals surface area contributed by atoms with Gasteiger partial charge in [-0.2, -0.15) is 0 Å². The first-order valence-electron chi connectivity index (χ1n) is 7.15. The third-order valence-electron chi connectivity index (χ3n) is 3.91. The van der Waals surface area contributed by atoms with Crippen molar-refractivity contribution in [3.8, 4) is 0 Å². The van der Waals surface area contributed by atoms with Crippen molar-refractivity contribution in [1.82, 2.24) is 15.1 Å². The van der Waals surface area contributed by atoms with Crippen LogP contribution in [-0.4, -0.2) is 61.7 Å². The molecule has 2 unspecified atom stereocenters. The van der Waals surface area contributed by atoms with E-state index in [9.17, 15) is 0 Å². The van der Waals surface area contributed by atoms with Crippen LogP contribution in [0.4, 0.5) is 0 Å². The summed E-state index contributed by atoms with van der Waals surface area (Å²) >= 11 is 0. The summed E-state index contributed by atoms with van der Waals surface area (Å²) in [6, 6.07) is 1.42. The van der Waals surface area contributed by atoms with Gasteiger partial charge in [-0.05, 0) is 46.3 Å². The molecule has 1 fully saturated rings. The van der Waals surface area contributed by atoms with Crippen LogP contribution in [0.25, 0.3) is 0 Å². The summed E-state index contributed by atoms with van der Waals surface area (Å²) in [5.41, 5.74) is 0. The van der Waals surface area contributed by atoms with E-state index in [0.29, 0.717) is 12.1 Å². The number of nitrogens with zero attached hydrogens (tertiary/aromatic N) is 2. The van der Waals surface area contributed by atoms with Gasteiger partial charge in [-0.25, -0.2) is 0 Å². The molecule has 2 atom stereocenters.